The molecule has 0 spiro atoms. The second-order valence-electron chi connectivity index (χ2n) is 9.66. The second-order valence-corrected chi connectivity index (χ2v) is 19.6. The van der Waals surface area contributed by atoms with Crippen LogP contribution in [-0.4, -0.2) is 0 Å². The molecule has 4 aromatic rings. The van der Waals surface area contributed by atoms with Crippen molar-refractivity contribution in [3.8, 4) is 0 Å². The molecule has 1 heteroatoms. The van der Waals surface area contributed by atoms with Gasteiger partial charge in [-0.3, -0.25) is 0 Å². The van der Waals surface area contributed by atoms with Crippen LogP contribution >= 0.6 is 0 Å². The summed E-state index contributed by atoms with van der Waals surface area (Å²) in [5.41, 5.74) is 9.39. The molecule has 2 atom stereocenters. The summed E-state index contributed by atoms with van der Waals surface area (Å²) in [7, 11) is 0. The van der Waals surface area contributed by atoms with Crippen molar-refractivity contribution >= 4 is 18.7 Å². The van der Waals surface area contributed by atoms with Gasteiger partial charge in [0.25, 0.3) is 0 Å². The molecule has 0 amide bonds. The summed E-state index contributed by atoms with van der Waals surface area (Å²) in [6.07, 6.45) is 7.44. The van der Waals surface area contributed by atoms with E-state index in [1.54, 1.807) is 28.8 Å². The molecule has 0 aromatic heterocycles. The number of fused-ring (bicyclic) bond motifs is 6. The van der Waals surface area contributed by atoms with Crippen LogP contribution in [0.1, 0.15) is 42.3 Å². The summed E-state index contributed by atoms with van der Waals surface area (Å²) in [4.78, 5) is 0. The third kappa shape index (κ3) is 2.79. The van der Waals surface area contributed by atoms with E-state index in [1.807, 2.05) is 0 Å². The van der Waals surface area contributed by atoms with Gasteiger partial charge >= 0.3 is 202 Å². The van der Waals surface area contributed by atoms with Gasteiger partial charge in [-0.15, -0.1) is 0 Å². The van der Waals surface area contributed by atoms with Gasteiger partial charge in [-0.2, -0.15) is 0 Å². The maximum atomic E-state index is 2.55. The fourth-order valence-corrected chi connectivity index (χ4v) is 23.3. The van der Waals surface area contributed by atoms with Gasteiger partial charge in [0.05, 0.1) is 0 Å². The Morgan fingerprint density at radius 2 is 0.848 bits per heavy atom. The van der Waals surface area contributed by atoms with Crippen LogP contribution in [0, 0.1) is 0 Å². The van der Waals surface area contributed by atoms with Gasteiger partial charge in [-0.25, -0.2) is 0 Å². The monoisotopic (exact) mass is 500 g/mol. The van der Waals surface area contributed by atoms with Crippen molar-refractivity contribution in [1.29, 1.82) is 0 Å². The van der Waals surface area contributed by atoms with Crippen LogP contribution in [0.5, 0.6) is 0 Å². The van der Waals surface area contributed by atoms with E-state index in [1.165, 1.54) is 24.0 Å². The Hall–Kier alpha value is -2.76. The predicted molar refractivity (Wildman–Crippen MR) is 136 cm³/mol. The summed E-state index contributed by atoms with van der Waals surface area (Å²) < 4.78 is 4.31. The number of allylic oxidation sites excluding steroid dienone is 2. The van der Waals surface area contributed by atoms with E-state index >= 15 is 0 Å². The van der Waals surface area contributed by atoms with E-state index in [9.17, 15) is 0 Å². The Labute approximate surface area is 200 Å². The third-order valence-electron chi connectivity index (χ3n) is 8.15. The van der Waals surface area contributed by atoms with Crippen molar-refractivity contribution in [3.05, 3.63) is 143 Å². The Morgan fingerprint density at radius 3 is 1.30 bits per heavy atom. The van der Waals surface area contributed by atoms with Crippen LogP contribution < -0.4 is 6.54 Å². The van der Waals surface area contributed by atoms with Crippen LogP contribution in [0.4, 0.5) is 0 Å². The summed E-state index contributed by atoms with van der Waals surface area (Å²) in [5.74, 6) is 0. The number of hydrogen-bond donors (Lipinski definition) is 0. The zero-order chi connectivity index (χ0) is 21.8. The molecule has 1 saturated heterocycles. The Morgan fingerprint density at radius 1 is 0.455 bits per heavy atom. The SMILES string of the molecule is C1=C2CCC3=Cc4ccccc4[CH]3[Zr]([c]3ccccc3)([c]3ccccc3)[CH]2c2ccccc21. The van der Waals surface area contributed by atoms with Gasteiger partial charge in [0.15, 0.2) is 0 Å². The van der Waals surface area contributed by atoms with Crippen molar-refractivity contribution in [2.75, 3.05) is 0 Å². The molecule has 2 unspecified atom stereocenters. The number of benzene rings is 4. The first-order chi connectivity index (χ1) is 16.4. The van der Waals surface area contributed by atoms with Crippen molar-refractivity contribution in [2.24, 2.45) is 0 Å². The molecule has 0 nitrogen and oxygen atoms in total. The van der Waals surface area contributed by atoms with Crippen molar-refractivity contribution in [3.63, 3.8) is 0 Å². The van der Waals surface area contributed by atoms with Crippen molar-refractivity contribution in [1.82, 2.24) is 0 Å². The van der Waals surface area contributed by atoms with Crippen LogP contribution in [0.25, 0.3) is 12.2 Å². The first kappa shape index (κ1) is 19.7. The fourth-order valence-electron chi connectivity index (χ4n) is 7.00. The topological polar surface area (TPSA) is 0 Å². The molecule has 158 valence electrons. The Kier molecular flexibility index (Phi) is 4.56. The van der Waals surface area contributed by atoms with E-state index in [0.717, 1.165) is 0 Å². The molecule has 2 aliphatic carbocycles. The first-order valence-corrected chi connectivity index (χ1v) is 17.4. The maximum absolute atomic E-state index is 3.50. The van der Waals surface area contributed by atoms with Crippen LogP contribution in [0.3, 0.4) is 0 Å². The van der Waals surface area contributed by atoms with Gasteiger partial charge in [-0.1, -0.05) is 0 Å². The predicted octanol–water partition coefficient (Wildman–Crippen LogP) is 6.86. The van der Waals surface area contributed by atoms with Gasteiger partial charge in [-0.05, 0) is 0 Å². The van der Waals surface area contributed by atoms with Crippen LogP contribution in [0.15, 0.2) is 120 Å². The molecule has 1 aliphatic heterocycles. The fraction of sp³-hybridized carbons (Fsp3) is 0.125. The molecular weight excluding hydrogens is 476 g/mol. The molecule has 0 bridgehead atoms. The molecule has 0 N–H and O–H groups in total. The van der Waals surface area contributed by atoms with Gasteiger partial charge in [0.1, 0.15) is 0 Å². The Bertz CT molecular complexity index is 1300. The summed E-state index contributed by atoms with van der Waals surface area (Å²) in [6.45, 7) is 0. The molecule has 0 radical (unpaired) electrons. The van der Waals surface area contributed by atoms with E-state index in [2.05, 4.69) is 121 Å². The summed E-state index contributed by atoms with van der Waals surface area (Å²) in [6, 6.07) is 41.8. The Balaban J connectivity index is 1.64. The molecule has 3 aliphatic rings. The normalized spacial score (nSPS) is 21.7. The third-order valence-corrected chi connectivity index (χ3v) is 22.3. The molecular formula is C32H26Zr. The average Bonchev–Trinajstić information content (AvgIpc) is 3.40. The van der Waals surface area contributed by atoms with E-state index in [4.69, 9.17) is 0 Å². The molecule has 0 saturated carbocycles. The molecule has 33 heavy (non-hydrogen) atoms. The number of rotatable bonds is 2. The van der Waals surface area contributed by atoms with Gasteiger partial charge < -0.3 is 0 Å². The van der Waals surface area contributed by atoms with E-state index < -0.39 is 20.3 Å². The molecule has 1 fully saturated rings. The molecule has 4 aromatic carbocycles. The zero-order valence-corrected chi connectivity index (χ0v) is 21.1. The van der Waals surface area contributed by atoms with Gasteiger partial charge in [0.2, 0.25) is 0 Å². The van der Waals surface area contributed by atoms with Crippen molar-refractivity contribution in [2.45, 2.75) is 20.1 Å². The van der Waals surface area contributed by atoms with E-state index in [0.29, 0.717) is 7.25 Å². The standard InChI is InChI=1S/C20H16.2C6H5.Zr/c1-2-6-18-12-15(11-17(18)5-1)9-10-16-13-19-7-3-4-8-20(19)14-16;2*1-2-4-6-5-3-1;/h1-8,11-14H,9-10H2;2*1-5H;. The molecule has 7 rings (SSSR count). The quantitative estimate of drug-likeness (QED) is 0.281. The summed E-state index contributed by atoms with van der Waals surface area (Å²) >= 11 is -3.50. The number of hydrogen-bond acceptors (Lipinski definition) is 0. The van der Waals surface area contributed by atoms with Crippen LogP contribution in [-0.2, 0) is 20.3 Å². The molecule has 1 heterocycles. The minimum absolute atomic E-state index is 0.530. The first-order valence-electron chi connectivity index (χ1n) is 12.1. The van der Waals surface area contributed by atoms with Crippen LogP contribution in [0.2, 0.25) is 0 Å². The summed E-state index contributed by atoms with van der Waals surface area (Å²) in [5, 5.41) is 0. The zero-order valence-electron chi connectivity index (χ0n) is 18.6. The minimum atomic E-state index is -3.50. The van der Waals surface area contributed by atoms with Gasteiger partial charge in [0, 0.05) is 0 Å². The average molecular weight is 502 g/mol. The van der Waals surface area contributed by atoms with E-state index in [-0.39, 0.29) is 0 Å². The van der Waals surface area contributed by atoms with Crippen molar-refractivity contribution < 1.29 is 20.3 Å². The second kappa shape index (κ2) is 7.64.